The fourth-order valence-electron chi connectivity index (χ4n) is 3.37. The van der Waals surface area contributed by atoms with E-state index in [1.165, 1.54) is 23.9 Å². The quantitative estimate of drug-likeness (QED) is 0.604. The van der Waals surface area contributed by atoms with Crippen molar-refractivity contribution in [3.8, 4) is 0 Å². The number of H-pyrrole nitrogens is 1. The van der Waals surface area contributed by atoms with E-state index in [2.05, 4.69) is 9.97 Å². The van der Waals surface area contributed by atoms with E-state index < -0.39 is 5.97 Å². The molecular weight excluding hydrogens is 405 g/mol. The van der Waals surface area contributed by atoms with Crippen molar-refractivity contribution >= 4 is 29.3 Å². The van der Waals surface area contributed by atoms with Gasteiger partial charge < -0.3 is 9.72 Å². The highest BCUT2D eigenvalue weighted by atomic mass is 32.2. The van der Waals surface area contributed by atoms with Crippen LogP contribution in [0, 0.1) is 12.7 Å². The van der Waals surface area contributed by atoms with Gasteiger partial charge in [0.1, 0.15) is 17.0 Å². The molecule has 1 unspecified atom stereocenters. The Morgan fingerprint density at radius 3 is 2.80 bits per heavy atom. The van der Waals surface area contributed by atoms with E-state index in [0.717, 1.165) is 22.6 Å². The first-order valence-electron chi connectivity index (χ1n) is 9.48. The molecule has 30 heavy (non-hydrogen) atoms. The number of hydrogen-bond acceptors (Lipinski definition) is 5. The van der Waals surface area contributed by atoms with Crippen molar-refractivity contribution in [1.82, 2.24) is 9.97 Å². The molecular formula is C22H20FN3O3S. The maximum Gasteiger partial charge on any atom is 0.338 e. The van der Waals surface area contributed by atoms with E-state index in [0.29, 0.717) is 17.7 Å². The van der Waals surface area contributed by atoms with Crippen molar-refractivity contribution < 1.29 is 18.7 Å². The molecule has 8 heteroatoms. The summed E-state index contributed by atoms with van der Waals surface area (Å²) in [5, 5.41) is -0.233. The molecule has 6 nitrogen and oxygen atoms in total. The number of anilines is 1. The summed E-state index contributed by atoms with van der Waals surface area (Å²) in [5.74, 6) is 0.342. The van der Waals surface area contributed by atoms with Crippen LogP contribution in [-0.2, 0) is 16.0 Å². The maximum absolute atomic E-state index is 13.3. The lowest BCUT2D eigenvalue weighted by molar-refractivity contribution is -0.115. The molecule has 0 saturated carbocycles. The van der Waals surface area contributed by atoms with Crippen molar-refractivity contribution in [1.29, 1.82) is 0 Å². The Balaban J connectivity index is 1.49. The average Bonchev–Trinajstić information content (AvgIpc) is 3.38. The molecule has 2 heterocycles. The van der Waals surface area contributed by atoms with Gasteiger partial charge in [-0.1, -0.05) is 12.1 Å². The van der Waals surface area contributed by atoms with Gasteiger partial charge in [0, 0.05) is 24.5 Å². The smallest absolute Gasteiger partial charge is 0.338 e. The summed E-state index contributed by atoms with van der Waals surface area (Å²) in [5.41, 5.74) is 2.80. The van der Waals surface area contributed by atoms with Gasteiger partial charge in [0.25, 0.3) is 0 Å². The topological polar surface area (TPSA) is 75.3 Å². The summed E-state index contributed by atoms with van der Waals surface area (Å²) in [6, 6.07) is 11.3. The van der Waals surface area contributed by atoms with E-state index in [9.17, 15) is 14.0 Å². The summed E-state index contributed by atoms with van der Waals surface area (Å²) >= 11 is 1.49. The third-order valence-corrected chi connectivity index (χ3v) is 6.05. The number of aromatic nitrogens is 2. The fourth-order valence-corrected chi connectivity index (χ4v) is 4.54. The number of carbonyl (C=O) groups is 2. The van der Waals surface area contributed by atoms with Crippen molar-refractivity contribution in [3.63, 3.8) is 0 Å². The van der Waals surface area contributed by atoms with Gasteiger partial charge in [-0.3, -0.25) is 9.69 Å². The van der Waals surface area contributed by atoms with Gasteiger partial charge >= 0.3 is 5.97 Å². The molecule has 1 aliphatic heterocycles. The van der Waals surface area contributed by atoms with Crippen LogP contribution >= 0.6 is 11.8 Å². The van der Waals surface area contributed by atoms with Gasteiger partial charge in [0.05, 0.1) is 17.9 Å². The van der Waals surface area contributed by atoms with Crippen LogP contribution in [0.5, 0.6) is 0 Å². The van der Waals surface area contributed by atoms with E-state index in [4.69, 9.17) is 4.74 Å². The van der Waals surface area contributed by atoms with E-state index in [1.54, 1.807) is 47.6 Å². The van der Waals surface area contributed by atoms with Crippen LogP contribution in [0.1, 0.15) is 32.7 Å². The largest absolute Gasteiger partial charge is 0.462 e. The minimum atomic E-state index is -0.423. The summed E-state index contributed by atoms with van der Waals surface area (Å²) in [6.07, 6.45) is 3.88. The number of nitrogens with zero attached hydrogens (tertiary/aromatic N) is 2. The lowest BCUT2D eigenvalue weighted by Crippen LogP contribution is -2.28. The lowest BCUT2D eigenvalue weighted by atomic mass is 10.1. The number of carbonyl (C=O) groups excluding carboxylic acids is 2. The number of ether oxygens (including phenoxy) is 1. The van der Waals surface area contributed by atoms with Crippen molar-refractivity contribution in [3.05, 3.63) is 83.2 Å². The molecule has 1 fully saturated rings. The minimum Gasteiger partial charge on any atom is -0.462 e. The number of rotatable bonds is 6. The zero-order valence-electron chi connectivity index (χ0n) is 16.3. The van der Waals surface area contributed by atoms with Gasteiger partial charge in [-0.25, -0.2) is 14.2 Å². The summed E-state index contributed by atoms with van der Waals surface area (Å²) in [4.78, 5) is 33.7. The second-order valence-electron chi connectivity index (χ2n) is 6.90. The Morgan fingerprint density at radius 2 is 2.10 bits per heavy atom. The van der Waals surface area contributed by atoms with E-state index >= 15 is 0 Å². The van der Waals surface area contributed by atoms with Crippen LogP contribution in [0.25, 0.3) is 0 Å². The Hall–Kier alpha value is -3.13. The van der Waals surface area contributed by atoms with Crippen molar-refractivity contribution in [2.75, 3.05) is 17.3 Å². The van der Waals surface area contributed by atoms with E-state index in [1.807, 2.05) is 6.92 Å². The number of imidazole rings is 1. The number of esters is 1. The molecule has 0 radical (unpaired) electrons. The average molecular weight is 425 g/mol. The number of benzene rings is 2. The Labute approximate surface area is 177 Å². The molecule has 0 spiro atoms. The van der Waals surface area contributed by atoms with Crippen molar-refractivity contribution in [2.45, 2.75) is 18.7 Å². The number of hydrogen-bond donors (Lipinski definition) is 1. The van der Waals surface area contributed by atoms with Crippen LogP contribution in [-0.4, -0.2) is 34.2 Å². The molecule has 1 atom stereocenters. The van der Waals surface area contributed by atoms with Gasteiger partial charge in [-0.15, -0.1) is 11.8 Å². The highest BCUT2D eigenvalue weighted by Gasteiger charge is 2.35. The molecule has 1 N–H and O–H groups in total. The minimum absolute atomic E-state index is 0.0220. The fraction of sp³-hybridized carbons (Fsp3) is 0.227. The monoisotopic (exact) mass is 425 g/mol. The van der Waals surface area contributed by atoms with Crippen molar-refractivity contribution in [2.24, 2.45) is 0 Å². The Kier molecular flexibility index (Phi) is 5.85. The van der Waals surface area contributed by atoms with Gasteiger partial charge in [-0.05, 0) is 48.4 Å². The molecule has 2 aromatic carbocycles. The molecule has 154 valence electrons. The molecule has 1 aliphatic rings. The van der Waals surface area contributed by atoms with Crippen LogP contribution in [0.3, 0.4) is 0 Å². The highest BCUT2D eigenvalue weighted by Crippen LogP contribution is 2.42. The molecule has 0 aliphatic carbocycles. The number of halogens is 1. The second-order valence-corrected chi connectivity index (χ2v) is 7.97. The van der Waals surface area contributed by atoms with Gasteiger partial charge in [0.2, 0.25) is 5.91 Å². The number of aromatic amines is 1. The first-order chi connectivity index (χ1) is 14.5. The van der Waals surface area contributed by atoms with Crippen LogP contribution in [0.15, 0.2) is 54.9 Å². The summed E-state index contributed by atoms with van der Waals surface area (Å²) in [7, 11) is 0. The first-order valence-corrected chi connectivity index (χ1v) is 10.5. The third kappa shape index (κ3) is 4.23. The molecule has 1 saturated heterocycles. The van der Waals surface area contributed by atoms with E-state index in [-0.39, 0.29) is 23.7 Å². The van der Waals surface area contributed by atoms with Gasteiger partial charge in [0.15, 0.2) is 0 Å². The SMILES string of the molecule is Cc1cc(C(=O)OCCc2ncc[nH]2)ccc1N1C(=O)CSC1c1ccc(F)cc1. The summed E-state index contributed by atoms with van der Waals surface area (Å²) < 4.78 is 18.6. The first kappa shape index (κ1) is 20.2. The number of aryl methyl sites for hydroxylation is 1. The normalized spacial score (nSPS) is 16.1. The number of thioether (sulfide) groups is 1. The zero-order valence-corrected chi connectivity index (χ0v) is 17.1. The third-order valence-electron chi connectivity index (χ3n) is 4.84. The predicted octanol–water partition coefficient (Wildman–Crippen LogP) is 4.04. The second kappa shape index (κ2) is 8.71. The molecule has 4 rings (SSSR count). The zero-order chi connectivity index (χ0) is 21.1. The summed E-state index contributed by atoms with van der Waals surface area (Å²) in [6.45, 7) is 2.08. The predicted molar refractivity (Wildman–Crippen MR) is 113 cm³/mol. The maximum atomic E-state index is 13.3. The lowest BCUT2D eigenvalue weighted by Gasteiger charge is -2.26. The van der Waals surface area contributed by atoms with Gasteiger partial charge in [-0.2, -0.15) is 0 Å². The molecule has 3 aromatic rings. The molecule has 0 bridgehead atoms. The highest BCUT2D eigenvalue weighted by molar-refractivity contribution is 8.00. The number of nitrogens with one attached hydrogen (secondary N) is 1. The standard InChI is InChI=1S/C22H20FN3O3S/c1-14-12-16(22(28)29-11-8-19-24-9-10-25-19)4-7-18(14)26-20(27)13-30-21(26)15-2-5-17(23)6-3-15/h2-7,9-10,12,21H,8,11,13H2,1H3,(H,24,25). The van der Waals surface area contributed by atoms with Crippen LogP contribution in [0.2, 0.25) is 0 Å². The molecule has 1 amide bonds. The molecule has 1 aromatic heterocycles. The Morgan fingerprint density at radius 1 is 1.30 bits per heavy atom. The number of amides is 1. The van der Waals surface area contributed by atoms with Crippen LogP contribution in [0.4, 0.5) is 10.1 Å². The van der Waals surface area contributed by atoms with Crippen LogP contribution < -0.4 is 4.90 Å². The Bertz CT molecular complexity index is 1050.